The highest BCUT2D eigenvalue weighted by Crippen LogP contribution is 2.20. The Hall–Kier alpha value is -3.48. The van der Waals surface area contributed by atoms with Crippen molar-refractivity contribution in [3.8, 4) is 5.69 Å². The Labute approximate surface area is 128 Å². The summed E-state index contributed by atoms with van der Waals surface area (Å²) in [5.74, 6) is -1.11. The number of H-pyrrole nitrogens is 1. The summed E-state index contributed by atoms with van der Waals surface area (Å²) in [6.45, 7) is 0. The van der Waals surface area contributed by atoms with Crippen LogP contribution in [0.15, 0.2) is 53.3 Å². The van der Waals surface area contributed by atoms with Gasteiger partial charge in [0.1, 0.15) is 0 Å². The van der Waals surface area contributed by atoms with Crippen LogP contribution in [-0.2, 0) is 0 Å². The zero-order valence-electron chi connectivity index (χ0n) is 11.7. The molecule has 2 aromatic carbocycles. The molecule has 4 aromatic rings. The number of aromatic nitrogens is 4. The van der Waals surface area contributed by atoms with Crippen LogP contribution in [0.25, 0.3) is 27.6 Å². The SMILES string of the molecule is O=C(O)c1ccccc1-n1[nH]c2c(nnc3ccccc32)c1=O. The van der Waals surface area contributed by atoms with Crippen molar-refractivity contribution in [1.29, 1.82) is 0 Å². The summed E-state index contributed by atoms with van der Waals surface area (Å²) in [5, 5.41) is 21.0. The van der Waals surface area contributed by atoms with E-state index in [-0.39, 0.29) is 16.8 Å². The molecule has 0 saturated carbocycles. The van der Waals surface area contributed by atoms with Gasteiger partial charge >= 0.3 is 5.97 Å². The van der Waals surface area contributed by atoms with E-state index in [0.29, 0.717) is 11.0 Å². The number of nitrogens with one attached hydrogen (secondary N) is 1. The molecule has 0 saturated heterocycles. The Morgan fingerprint density at radius 1 is 1.04 bits per heavy atom. The zero-order chi connectivity index (χ0) is 16.0. The fourth-order valence-corrected chi connectivity index (χ4v) is 2.60. The van der Waals surface area contributed by atoms with Crippen molar-refractivity contribution in [1.82, 2.24) is 20.0 Å². The summed E-state index contributed by atoms with van der Waals surface area (Å²) in [6.07, 6.45) is 0. The van der Waals surface area contributed by atoms with Crippen LogP contribution in [-0.4, -0.2) is 31.1 Å². The average molecular weight is 306 g/mol. The Balaban J connectivity index is 2.10. The van der Waals surface area contributed by atoms with E-state index in [9.17, 15) is 14.7 Å². The Bertz CT molecular complexity index is 1130. The number of hydrogen-bond donors (Lipinski definition) is 2. The van der Waals surface area contributed by atoms with Gasteiger partial charge in [-0.05, 0) is 18.2 Å². The van der Waals surface area contributed by atoms with Gasteiger partial charge in [-0.3, -0.25) is 9.89 Å². The molecule has 0 atom stereocenters. The van der Waals surface area contributed by atoms with Gasteiger partial charge in [-0.2, -0.15) is 0 Å². The number of aromatic carboxylic acids is 1. The van der Waals surface area contributed by atoms with Gasteiger partial charge in [0.15, 0.2) is 5.52 Å². The maximum Gasteiger partial charge on any atom is 0.337 e. The first-order valence-corrected chi connectivity index (χ1v) is 6.85. The lowest BCUT2D eigenvalue weighted by molar-refractivity contribution is 0.0696. The molecule has 7 heteroatoms. The van der Waals surface area contributed by atoms with Crippen molar-refractivity contribution in [2.45, 2.75) is 0 Å². The van der Waals surface area contributed by atoms with Crippen molar-refractivity contribution in [3.05, 3.63) is 64.4 Å². The second kappa shape index (κ2) is 4.77. The predicted molar refractivity (Wildman–Crippen MR) is 84.0 cm³/mol. The molecule has 0 spiro atoms. The van der Waals surface area contributed by atoms with Crippen LogP contribution in [0.2, 0.25) is 0 Å². The van der Waals surface area contributed by atoms with E-state index in [4.69, 9.17) is 0 Å². The van der Waals surface area contributed by atoms with E-state index in [2.05, 4.69) is 15.3 Å². The van der Waals surface area contributed by atoms with Crippen molar-refractivity contribution in [2.24, 2.45) is 0 Å². The minimum atomic E-state index is -1.11. The lowest BCUT2D eigenvalue weighted by Crippen LogP contribution is -2.18. The molecule has 23 heavy (non-hydrogen) atoms. The number of carbonyl (C=O) groups is 1. The lowest BCUT2D eigenvalue weighted by Gasteiger charge is -2.05. The molecule has 0 radical (unpaired) electrons. The first-order chi connectivity index (χ1) is 11.2. The van der Waals surface area contributed by atoms with E-state index in [1.807, 2.05) is 18.2 Å². The van der Waals surface area contributed by atoms with Crippen molar-refractivity contribution in [3.63, 3.8) is 0 Å². The fourth-order valence-electron chi connectivity index (χ4n) is 2.60. The summed E-state index contributed by atoms with van der Waals surface area (Å²) in [4.78, 5) is 24.0. The summed E-state index contributed by atoms with van der Waals surface area (Å²) in [5.41, 5.74) is 1.20. The molecule has 2 N–H and O–H groups in total. The molecule has 2 heterocycles. The molecule has 0 amide bonds. The van der Waals surface area contributed by atoms with Crippen molar-refractivity contribution in [2.75, 3.05) is 0 Å². The quantitative estimate of drug-likeness (QED) is 0.589. The van der Waals surface area contributed by atoms with Crippen LogP contribution in [0.4, 0.5) is 0 Å². The molecule has 7 nitrogen and oxygen atoms in total. The third-order valence-electron chi connectivity index (χ3n) is 3.67. The maximum atomic E-state index is 12.6. The van der Waals surface area contributed by atoms with Crippen LogP contribution >= 0.6 is 0 Å². The summed E-state index contributed by atoms with van der Waals surface area (Å²) >= 11 is 0. The molecular formula is C16H10N4O3. The van der Waals surface area contributed by atoms with Gasteiger partial charge in [0, 0.05) is 5.39 Å². The van der Waals surface area contributed by atoms with Gasteiger partial charge < -0.3 is 5.11 Å². The smallest absolute Gasteiger partial charge is 0.337 e. The average Bonchev–Trinajstić information content (AvgIpc) is 2.92. The molecule has 112 valence electrons. The Kier molecular flexibility index (Phi) is 2.74. The van der Waals surface area contributed by atoms with Crippen molar-refractivity contribution >= 4 is 27.9 Å². The van der Waals surface area contributed by atoms with Gasteiger partial charge in [-0.25, -0.2) is 9.48 Å². The third kappa shape index (κ3) is 1.90. The minimum absolute atomic E-state index is 0.0263. The Morgan fingerprint density at radius 3 is 2.61 bits per heavy atom. The van der Waals surface area contributed by atoms with E-state index in [0.717, 1.165) is 5.39 Å². The molecule has 4 rings (SSSR count). The molecule has 0 aliphatic rings. The van der Waals surface area contributed by atoms with Gasteiger partial charge in [0.2, 0.25) is 0 Å². The number of nitrogens with zero attached hydrogens (tertiary/aromatic N) is 3. The molecule has 0 aliphatic heterocycles. The number of aromatic amines is 1. The highest BCUT2D eigenvalue weighted by molar-refractivity contribution is 6.01. The second-order valence-corrected chi connectivity index (χ2v) is 5.02. The summed E-state index contributed by atoms with van der Waals surface area (Å²) in [7, 11) is 0. The number of carboxylic acids is 1. The minimum Gasteiger partial charge on any atom is -0.478 e. The fraction of sp³-hybridized carbons (Fsp3) is 0. The topological polar surface area (TPSA) is 101 Å². The van der Waals surface area contributed by atoms with Crippen LogP contribution in [0.1, 0.15) is 10.4 Å². The predicted octanol–water partition coefficient (Wildman–Crippen LogP) is 1.96. The molecular weight excluding hydrogens is 296 g/mol. The Morgan fingerprint density at radius 2 is 1.78 bits per heavy atom. The van der Waals surface area contributed by atoms with E-state index in [1.165, 1.54) is 10.7 Å². The molecule has 0 fully saturated rings. The van der Waals surface area contributed by atoms with Crippen LogP contribution in [0.3, 0.4) is 0 Å². The number of hydrogen-bond acceptors (Lipinski definition) is 4. The van der Waals surface area contributed by atoms with E-state index < -0.39 is 11.5 Å². The zero-order valence-corrected chi connectivity index (χ0v) is 11.7. The highest BCUT2D eigenvalue weighted by atomic mass is 16.4. The number of benzene rings is 2. The summed E-state index contributed by atoms with van der Waals surface area (Å²) in [6, 6.07) is 13.6. The van der Waals surface area contributed by atoms with Gasteiger partial charge in [0.05, 0.1) is 22.3 Å². The summed E-state index contributed by atoms with van der Waals surface area (Å²) < 4.78 is 1.19. The third-order valence-corrected chi connectivity index (χ3v) is 3.67. The van der Waals surface area contributed by atoms with Crippen LogP contribution in [0.5, 0.6) is 0 Å². The van der Waals surface area contributed by atoms with Crippen molar-refractivity contribution < 1.29 is 9.90 Å². The van der Waals surface area contributed by atoms with Gasteiger partial charge in [-0.15, -0.1) is 10.2 Å². The molecule has 0 aliphatic carbocycles. The molecule has 0 unspecified atom stereocenters. The normalized spacial score (nSPS) is 11.1. The number of fused-ring (bicyclic) bond motifs is 3. The highest BCUT2D eigenvalue weighted by Gasteiger charge is 2.17. The van der Waals surface area contributed by atoms with E-state index in [1.54, 1.807) is 24.3 Å². The largest absolute Gasteiger partial charge is 0.478 e. The first kappa shape index (κ1) is 13.2. The van der Waals surface area contributed by atoms with Crippen LogP contribution in [0, 0.1) is 0 Å². The standard InChI is InChI=1S/C16H10N4O3/c21-15-14-13(9-5-1-3-7-11(9)17-18-14)19-20(15)12-8-4-2-6-10(12)16(22)23/h1-8,19H,(H,22,23). The monoisotopic (exact) mass is 306 g/mol. The van der Waals surface area contributed by atoms with Gasteiger partial charge in [-0.1, -0.05) is 30.3 Å². The van der Waals surface area contributed by atoms with Crippen LogP contribution < -0.4 is 5.56 Å². The number of carboxylic acid groups (broad SMARTS) is 1. The molecule has 0 bridgehead atoms. The van der Waals surface area contributed by atoms with E-state index >= 15 is 0 Å². The maximum absolute atomic E-state index is 12.6. The first-order valence-electron chi connectivity index (χ1n) is 6.85. The number of para-hydroxylation sites is 1. The van der Waals surface area contributed by atoms with Gasteiger partial charge in [0.25, 0.3) is 5.56 Å². The second-order valence-electron chi connectivity index (χ2n) is 5.02. The molecule has 2 aromatic heterocycles. The lowest BCUT2D eigenvalue weighted by atomic mass is 10.2. The number of rotatable bonds is 2.